The van der Waals surface area contributed by atoms with Crippen molar-refractivity contribution >= 4 is 17.2 Å². The number of thiazole rings is 1. The number of nitrogens with zero attached hydrogens (tertiary/aromatic N) is 2. The van der Waals surface area contributed by atoms with Gasteiger partial charge in [0.1, 0.15) is 5.82 Å². The molecule has 90 valence electrons. The Balaban J connectivity index is 2.17. The molecule has 2 heterocycles. The van der Waals surface area contributed by atoms with E-state index in [9.17, 15) is 0 Å². The molecular formula is C13H17N3S. The summed E-state index contributed by atoms with van der Waals surface area (Å²) in [5.41, 5.74) is 8.09. The van der Waals surface area contributed by atoms with Gasteiger partial charge in [-0.1, -0.05) is 20.8 Å². The number of nitrogen functional groups attached to an aromatic ring is 1. The number of anilines is 1. The van der Waals surface area contributed by atoms with Crippen molar-refractivity contribution < 1.29 is 0 Å². The summed E-state index contributed by atoms with van der Waals surface area (Å²) in [6.45, 7) is 6.53. The quantitative estimate of drug-likeness (QED) is 0.887. The van der Waals surface area contributed by atoms with Crippen molar-refractivity contribution in [2.24, 2.45) is 0 Å². The first-order valence-electron chi connectivity index (χ1n) is 5.60. The predicted molar refractivity (Wildman–Crippen MR) is 72.3 cm³/mol. The number of hydrogen-bond donors (Lipinski definition) is 1. The lowest BCUT2D eigenvalue weighted by Crippen LogP contribution is -2.11. The molecule has 2 aromatic heterocycles. The zero-order valence-corrected chi connectivity index (χ0v) is 11.2. The molecule has 0 aromatic carbocycles. The molecule has 0 atom stereocenters. The summed E-state index contributed by atoms with van der Waals surface area (Å²) in [4.78, 5) is 8.65. The normalized spacial score (nSPS) is 11.7. The van der Waals surface area contributed by atoms with E-state index in [-0.39, 0.29) is 5.41 Å². The molecule has 0 radical (unpaired) electrons. The number of aromatic nitrogens is 2. The van der Waals surface area contributed by atoms with Gasteiger partial charge in [0, 0.05) is 23.4 Å². The highest BCUT2D eigenvalue weighted by Gasteiger charge is 2.17. The summed E-state index contributed by atoms with van der Waals surface area (Å²) in [7, 11) is 0. The van der Waals surface area contributed by atoms with Crippen molar-refractivity contribution in [3.63, 3.8) is 0 Å². The highest BCUT2D eigenvalue weighted by molar-refractivity contribution is 7.09. The van der Waals surface area contributed by atoms with Gasteiger partial charge in [-0.15, -0.1) is 11.3 Å². The lowest BCUT2D eigenvalue weighted by molar-refractivity contribution is 0.571. The molecule has 0 bridgehead atoms. The van der Waals surface area contributed by atoms with Gasteiger partial charge in [0.25, 0.3) is 0 Å². The van der Waals surface area contributed by atoms with Gasteiger partial charge in [-0.3, -0.25) is 0 Å². The van der Waals surface area contributed by atoms with E-state index >= 15 is 0 Å². The van der Waals surface area contributed by atoms with Crippen LogP contribution < -0.4 is 5.73 Å². The maximum Gasteiger partial charge on any atom is 0.123 e. The van der Waals surface area contributed by atoms with E-state index in [0.29, 0.717) is 5.82 Å². The monoisotopic (exact) mass is 247 g/mol. The standard InChI is InChI=1S/C13H17N3S/c1-13(2,3)10-8-17-12(16-10)7-9-4-5-15-11(14)6-9/h4-6,8H,7H2,1-3H3,(H2,14,15). The molecule has 0 aliphatic carbocycles. The van der Waals surface area contributed by atoms with E-state index in [1.807, 2.05) is 12.1 Å². The second kappa shape index (κ2) is 4.45. The molecule has 0 spiro atoms. The smallest absolute Gasteiger partial charge is 0.123 e. The van der Waals surface area contributed by atoms with Crippen LogP contribution in [0.2, 0.25) is 0 Å². The largest absolute Gasteiger partial charge is 0.384 e. The Morgan fingerprint density at radius 3 is 2.71 bits per heavy atom. The van der Waals surface area contributed by atoms with E-state index in [1.54, 1.807) is 17.5 Å². The lowest BCUT2D eigenvalue weighted by Gasteiger charge is -2.14. The van der Waals surface area contributed by atoms with Crippen molar-refractivity contribution in [3.05, 3.63) is 40.0 Å². The number of nitrogens with two attached hydrogens (primary N) is 1. The van der Waals surface area contributed by atoms with Gasteiger partial charge < -0.3 is 5.73 Å². The van der Waals surface area contributed by atoms with Gasteiger partial charge in [-0.05, 0) is 17.7 Å². The first-order chi connectivity index (χ1) is 7.95. The minimum Gasteiger partial charge on any atom is -0.384 e. The molecule has 2 N–H and O–H groups in total. The summed E-state index contributed by atoms with van der Waals surface area (Å²) in [6, 6.07) is 3.88. The summed E-state index contributed by atoms with van der Waals surface area (Å²) in [5.74, 6) is 0.565. The Hall–Kier alpha value is -1.42. The third kappa shape index (κ3) is 3.03. The fraction of sp³-hybridized carbons (Fsp3) is 0.385. The van der Waals surface area contributed by atoms with Crippen molar-refractivity contribution in [1.82, 2.24) is 9.97 Å². The van der Waals surface area contributed by atoms with Crippen LogP contribution in [-0.4, -0.2) is 9.97 Å². The highest BCUT2D eigenvalue weighted by Crippen LogP contribution is 2.25. The van der Waals surface area contributed by atoms with E-state index in [4.69, 9.17) is 5.73 Å². The van der Waals surface area contributed by atoms with Gasteiger partial charge in [0.2, 0.25) is 0 Å². The van der Waals surface area contributed by atoms with Crippen LogP contribution in [-0.2, 0) is 11.8 Å². The molecule has 2 rings (SSSR count). The molecule has 0 unspecified atom stereocenters. The van der Waals surface area contributed by atoms with Gasteiger partial charge >= 0.3 is 0 Å². The fourth-order valence-corrected chi connectivity index (χ4v) is 2.57. The Bertz CT molecular complexity index is 511. The molecule has 17 heavy (non-hydrogen) atoms. The van der Waals surface area contributed by atoms with Crippen molar-refractivity contribution in [2.45, 2.75) is 32.6 Å². The number of hydrogen-bond acceptors (Lipinski definition) is 4. The molecule has 2 aromatic rings. The second-order valence-electron chi connectivity index (χ2n) is 5.14. The van der Waals surface area contributed by atoms with Gasteiger partial charge in [0.05, 0.1) is 10.7 Å². The second-order valence-corrected chi connectivity index (χ2v) is 6.08. The molecule has 0 aliphatic heterocycles. The molecule has 0 amide bonds. The molecule has 4 heteroatoms. The Kier molecular flexibility index (Phi) is 3.15. The predicted octanol–water partition coefficient (Wildman–Crippen LogP) is 3.01. The van der Waals surface area contributed by atoms with Crippen LogP contribution in [0.25, 0.3) is 0 Å². The number of pyridine rings is 1. The van der Waals surface area contributed by atoms with Gasteiger partial charge in [-0.25, -0.2) is 9.97 Å². The molecule has 0 saturated heterocycles. The number of rotatable bonds is 2. The van der Waals surface area contributed by atoms with Crippen LogP contribution in [0.1, 0.15) is 37.0 Å². The summed E-state index contributed by atoms with van der Waals surface area (Å²) in [6.07, 6.45) is 2.57. The first kappa shape index (κ1) is 12.0. The van der Waals surface area contributed by atoms with E-state index in [1.165, 1.54) is 0 Å². The first-order valence-corrected chi connectivity index (χ1v) is 6.48. The summed E-state index contributed by atoms with van der Waals surface area (Å²) in [5, 5.41) is 3.26. The maximum atomic E-state index is 5.66. The van der Waals surface area contributed by atoms with Crippen molar-refractivity contribution in [2.75, 3.05) is 5.73 Å². The topological polar surface area (TPSA) is 51.8 Å². The van der Waals surface area contributed by atoms with Gasteiger partial charge in [0.15, 0.2) is 0 Å². The zero-order chi connectivity index (χ0) is 12.5. The molecule has 3 nitrogen and oxygen atoms in total. The Morgan fingerprint density at radius 1 is 1.35 bits per heavy atom. The molecular weight excluding hydrogens is 230 g/mol. The van der Waals surface area contributed by atoms with Crippen molar-refractivity contribution in [3.8, 4) is 0 Å². The Labute approximate surface area is 106 Å². The third-order valence-corrected chi connectivity index (χ3v) is 3.37. The van der Waals surface area contributed by atoms with Crippen LogP contribution in [0.3, 0.4) is 0 Å². The van der Waals surface area contributed by atoms with Gasteiger partial charge in [-0.2, -0.15) is 0 Å². The lowest BCUT2D eigenvalue weighted by atomic mass is 9.93. The van der Waals surface area contributed by atoms with Crippen LogP contribution in [0.5, 0.6) is 0 Å². The van der Waals surface area contributed by atoms with Crippen LogP contribution in [0.15, 0.2) is 23.7 Å². The summed E-state index contributed by atoms with van der Waals surface area (Å²) < 4.78 is 0. The van der Waals surface area contributed by atoms with Crippen LogP contribution in [0, 0.1) is 0 Å². The molecule has 0 saturated carbocycles. The molecule has 0 fully saturated rings. The summed E-state index contributed by atoms with van der Waals surface area (Å²) >= 11 is 1.70. The zero-order valence-electron chi connectivity index (χ0n) is 10.4. The average Bonchev–Trinajstić information content (AvgIpc) is 2.65. The SMILES string of the molecule is CC(C)(C)c1csc(Cc2ccnc(N)c2)n1. The van der Waals surface area contributed by atoms with Crippen LogP contribution in [0.4, 0.5) is 5.82 Å². The Morgan fingerprint density at radius 2 is 2.12 bits per heavy atom. The maximum absolute atomic E-state index is 5.66. The van der Waals surface area contributed by atoms with E-state index in [0.717, 1.165) is 22.7 Å². The van der Waals surface area contributed by atoms with Crippen molar-refractivity contribution in [1.29, 1.82) is 0 Å². The van der Waals surface area contributed by atoms with E-state index < -0.39 is 0 Å². The third-order valence-electron chi connectivity index (χ3n) is 2.52. The highest BCUT2D eigenvalue weighted by atomic mass is 32.1. The fourth-order valence-electron chi connectivity index (χ4n) is 1.52. The van der Waals surface area contributed by atoms with E-state index in [2.05, 4.69) is 36.1 Å². The average molecular weight is 247 g/mol. The molecule has 0 aliphatic rings. The van der Waals surface area contributed by atoms with Crippen LogP contribution >= 0.6 is 11.3 Å². The minimum absolute atomic E-state index is 0.117. The minimum atomic E-state index is 0.117.